The van der Waals surface area contributed by atoms with Gasteiger partial charge in [0.25, 0.3) is 0 Å². The summed E-state index contributed by atoms with van der Waals surface area (Å²) >= 11 is 1.32. The predicted octanol–water partition coefficient (Wildman–Crippen LogP) is 2.33. The summed E-state index contributed by atoms with van der Waals surface area (Å²) in [5, 5.41) is 5.86. The first-order valence-electron chi connectivity index (χ1n) is 7.78. The highest BCUT2D eigenvalue weighted by molar-refractivity contribution is 8.00. The zero-order valence-electron chi connectivity index (χ0n) is 14.6. The molecule has 2 aromatic rings. The highest BCUT2D eigenvalue weighted by Crippen LogP contribution is 2.27. The van der Waals surface area contributed by atoms with E-state index in [2.05, 4.69) is 10.6 Å². The predicted molar refractivity (Wildman–Crippen MR) is 103 cm³/mol. The van der Waals surface area contributed by atoms with Crippen LogP contribution in [0.4, 0.5) is 11.4 Å². The van der Waals surface area contributed by atoms with Crippen molar-refractivity contribution in [2.45, 2.75) is 4.90 Å². The van der Waals surface area contributed by atoms with Crippen LogP contribution >= 0.6 is 11.8 Å². The van der Waals surface area contributed by atoms with Crippen LogP contribution in [-0.4, -0.2) is 38.3 Å². The molecule has 0 saturated heterocycles. The Morgan fingerprint density at radius 1 is 1.08 bits per heavy atom. The quantitative estimate of drug-likeness (QED) is 0.581. The van der Waals surface area contributed by atoms with Gasteiger partial charge in [-0.15, -0.1) is 11.8 Å². The van der Waals surface area contributed by atoms with E-state index in [1.807, 2.05) is 24.3 Å². The number of amides is 2. The normalized spacial score (nSPS) is 10.1. The number of carbonyl (C=O) groups excluding carboxylic acids is 2. The summed E-state index contributed by atoms with van der Waals surface area (Å²) in [6.07, 6.45) is 0. The molecule has 0 unspecified atom stereocenters. The van der Waals surface area contributed by atoms with Gasteiger partial charge in [0.15, 0.2) is 0 Å². The van der Waals surface area contributed by atoms with Crippen molar-refractivity contribution in [2.75, 3.05) is 37.2 Å². The Kier molecular flexibility index (Phi) is 7.16. The van der Waals surface area contributed by atoms with Gasteiger partial charge in [0.05, 0.1) is 26.5 Å². The molecule has 7 nitrogen and oxygen atoms in total. The van der Waals surface area contributed by atoms with E-state index in [0.717, 1.165) is 10.6 Å². The summed E-state index contributed by atoms with van der Waals surface area (Å²) in [5.74, 6) is 0.722. The average Bonchev–Trinajstić information content (AvgIpc) is 2.64. The molecular weight excluding hydrogens is 354 g/mol. The first-order chi connectivity index (χ1) is 12.5. The van der Waals surface area contributed by atoms with Gasteiger partial charge in [0.2, 0.25) is 11.8 Å². The van der Waals surface area contributed by atoms with Crippen molar-refractivity contribution in [3.8, 4) is 11.5 Å². The highest BCUT2D eigenvalue weighted by atomic mass is 32.2. The number of benzene rings is 2. The molecule has 2 amide bonds. The van der Waals surface area contributed by atoms with Gasteiger partial charge >= 0.3 is 0 Å². The van der Waals surface area contributed by atoms with Crippen LogP contribution in [0.5, 0.6) is 11.5 Å². The van der Waals surface area contributed by atoms with E-state index in [4.69, 9.17) is 15.2 Å². The number of carbonyl (C=O) groups is 2. The molecule has 0 spiro atoms. The first-order valence-corrected chi connectivity index (χ1v) is 8.77. The number of ether oxygens (including phenoxy) is 2. The lowest BCUT2D eigenvalue weighted by atomic mass is 10.2. The van der Waals surface area contributed by atoms with Gasteiger partial charge in [-0.2, -0.15) is 0 Å². The van der Waals surface area contributed by atoms with Gasteiger partial charge in [-0.3, -0.25) is 9.59 Å². The van der Waals surface area contributed by atoms with Crippen LogP contribution < -0.4 is 25.8 Å². The van der Waals surface area contributed by atoms with Crippen molar-refractivity contribution in [3.05, 3.63) is 42.5 Å². The largest absolute Gasteiger partial charge is 0.497 e. The van der Waals surface area contributed by atoms with Crippen molar-refractivity contribution < 1.29 is 19.1 Å². The Hall–Kier alpha value is -2.87. The fraction of sp³-hybridized carbons (Fsp3) is 0.222. The molecule has 0 saturated carbocycles. The summed E-state index contributed by atoms with van der Waals surface area (Å²) < 4.78 is 10.4. The molecule has 0 atom stereocenters. The summed E-state index contributed by atoms with van der Waals surface area (Å²) in [5.41, 5.74) is 6.52. The number of anilines is 2. The zero-order valence-corrected chi connectivity index (χ0v) is 15.4. The summed E-state index contributed by atoms with van der Waals surface area (Å²) in [7, 11) is 3.09. The van der Waals surface area contributed by atoms with Gasteiger partial charge in [-0.05, 0) is 12.1 Å². The van der Waals surface area contributed by atoms with Crippen molar-refractivity contribution >= 4 is 35.0 Å². The Morgan fingerprint density at radius 2 is 1.73 bits per heavy atom. The lowest BCUT2D eigenvalue weighted by Crippen LogP contribution is -2.22. The van der Waals surface area contributed by atoms with E-state index >= 15 is 0 Å². The number of nitrogens with one attached hydrogen (secondary N) is 2. The Balaban J connectivity index is 1.98. The maximum Gasteiger partial charge on any atom is 0.243 e. The Bertz CT molecular complexity index is 761. The van der Waals surface area contributed by atoms with Crippen LogP contribution in [0, 0.1) is 0 Å². The molecule has 0 aliphatic carbocycles. The smallest absolute Gasteiger partial charge is 0.243 e. The SMILES string of the molecule is COc1cc(NC(=O)CNc2ccccc2SCC(N)=O)cc(OC)c1. The number of para-hydroxylation sites is 1. The number of hydrogen-bond donors (Lipinski definition) is 3. The highest BCUT2D eigenvalue weighted by Gasteiger charge is 2.08. The minimum absolute atomic E-state index is 0.0632. The topological polar surface area (TPSA) is 103 Å². The third kappa shape index (κ3) is 5.89. The van der Waals surface area contributed by atoms with E-state index in [9.17, 15) is 9.59 Å². The van der Waals surface area contributed by atoms with E-state index in [1.54, 1.807) is 32.4 Å². The maximum atomic E-state index is 12.2. The van der Waals surface area contributed by atoms with Gasteiger partial charge in [0, 0.05) is 34.5 Å². The van der Waals surface area contributed by atoms with E-state index < -0.39 is 5.91 Å². The van der Waals surface area contributed by atoms with Gasteiger partial charge < -0.3 is 25.8 Å². The van der Waals surface area contributed by atoms with Crippen molar-refractivity contribution in [3.63, 3.8) is 0 Å². The molecule has 26 heavy (non-hydrogen) atoms. The monoisotopic (exact) mass is 375 g/mol. The molecule has 2 rings (SSSR count). The minimum Gasteiger partial charge on any atom is -0.497 e. The lowest BCUT2D eigenvalue weighted by Gasteiger charge is -2.12. The van der Waals surface area contributed by atoms with Crippen molar-refractivity contribution in [1.82, 2.24) is 0 Å². The van der Waals surface area contributed by atoms with Gasteiger partial charge in [0.1, 0.15) is 11.5 Å². The fourth-order valence-electron chi connectivity index (χ4n) is 2.15. The molecular formula is C18H21N3O4S. The number of nitrogens with two attached hydrogens (primary N) is 1. The number of thioether (sulfide) groups is 1. The molecule has 0 aliphatic rings. The number of primary amides is 1. The third-order valence-corrected chi connectivity index (χ3v) is 4.43. The third-order valence-electron chi connectivity index (χ3n) is 3.33. The summed E-state index contributed by atoms with van der Waals surface area (Å²) in [6, 6.07) is 12.5. The van der Waals surface area contributed by atoms with Crippen molar-refractivity contribution in [2.24, 2.45) is 5.73 Å². The number of hydrogen-bond acceptors (Lipinski definition) is 6. The minimum atomic E-state index is -0.394. The molecule has 0 heterocycles. The average molecular weight is 375 g/mol. The summed E-state index contributed by atoms with van der Waals surface area (Å²) in [6.45, 7) is 0.0632. The number of methoxy groups -OCH3 is 2. The first kappa shape index (κ1) is 19.5. The molecule has 0 radical (unpaired) electrons. The Labute approximate surface area is 156 Å². The van der Waals surface area contributed by atoms with E-state index in [1.165, 1.54) is 11.8 Å². The Morgan fingerprint density at radius 3 is 2.35 bits per heavy atom. The molecule has 4 N–H and O–H groups in total. The molecule has 0 aliphatic heterocycles. The van der Waals surface area contributed by atoms with Crippen molar-refractivity contribution in [1.29, 1.82) is 0 Å². The second kappa shape index (κ2) is 9.57. The van der Waals surface area contributed by atoms with Crippen LogP contribution in [0.1, 0.15) is 0 Å². The van der Waals surface area contributed by atoms with Crippen LogP contribution in [0.2, 0.25) is 0 Å². The van der Waals surface area contributed by atoms with Crippen LogP contribution in [-0.2, 0) is 9.59 Å². The molecule has 0 aromatic heterocycles. The molecule has 2 aromatic carbocycles. The standard InChI is InChI=1S/C18H21N3O4S/c1-24-13-7-12(8-14(9-13)25-2)21-18(23)10-20-15-5-3-4-6-16(15)26-11-17(19)22/h3-9,20H,10-11H2,1-2H3,(H2,19,22)(H,21,23). The van der Waals surface area contributed by atoms with Crippen LogP contribution in [0.15, 0.2) is 47.4 Å². The van der Waals surface area contributed by atoms with Gasteiger partial charge in [-0.25, -0.2) is 0 Å². The lowest BCUT2D eigenvalue weighted by molar-refractivity contribution is -0.116. The molecule has 8 heteroatoms. The molecule has 0 fully saturated rings. The second-order valence-corrected chi connectivity index (χ2v) is 6.27. The fourth-order valence-corrected chi connectivity index (χ4v) is 2.92. The second-order valence-electron chi connectivity index (χ2n) is 5.25. The maximum absolute atomic E-state index is 12.2. The number of rotatable bonds is 9. The zero-order chi connectivity index (χ0) is 18.9. The van der Waals surface area contributed by atoms with Crippen LogP contribution in [0.3, 0.4) is 0 Å². The van der Waals surface area contributed by atoms with Gasteiger partial charge in [-0.1, -0.05) is 12.1 Å². The van der Waals surface area contributed by atoms with E-state index in [-0.39, 0.29) is 18.2 Å². The van der Waals surface area contributed by atoms with Crippen LogP contribution in [0.25, 0.3) is 0 Å². The summed E-state index contributed by atoms with van der Waals surface area (Å²) in [4.78, 5) is 24.0. The molecule has 138 valence electrons. The molecule has 0 bridgehead atoms. The van der Waals surface area contributed by atoms with E-state index in [0.29, 0.717) is 17.2 Å².